The van der Waals surface area contributed by atoms with E-state index in [1.807, 2.05) is 103 Å². The molecule has 0 aliphatic heterocycles. The van der Waals surface area contributed by atoms with Crippen molar-refractivity contribution in [1.82, 2.24) is 15.0 Å². The second kappa shape index (κ2) is 13.3. The van der Waals surface area contributed by atoms with Crippen molar-refractivity contribution in [3.63, 3.8) is 0 Å². The molecule has 3 heterocycles. The molecule has 0 aliphatic carbocycles. The third-order valence-corrected chi connectivity index (χ3v) is 10.9. The van der Waals surface area contributed by atoms with Gasteiger partial charge in [0.15, 0.2) is 17.5 Å². The zero-order chi connectivity index (χ0) is 46.6. The minimum Gasteiger partial charge on any atom is -0.456 e. The standard InChI is InChI=1S/C51H31N3OS/c1-3-14-32(15-4-1)49-52-50(33-16-5-2-6-17-33)54-51(53-49)36-19-11-18-34(30-36)35-28-29-42-46(31-35)56-45-27-13-24-40(48(42)45)38-21-8-7-20-37(38)39-23-12-26-44-47(39)41-22-9-10-25-43(41)55-44/h1-31H/i7D,8D,9D,10D,12D,20D,21D,22D,23D,25D,26D. The number of fused-ring (bicyclic) bond motifs is 6. The Balaban J connectivity index is 1.10. The van der Waals surface area contributed by atoms with E-state index in [1.54, 1.807) is 12.1 Å². The van der Waals surface area contributed by atoms with E-state index in [-0.39, 0.29) is 38.6 Å². The highest BCUT2D eigenvalue weighted by Gasteiger charge is 2.19. The van der Waals surface area contributed by atoms with Crippen molar-refractivity contribution in [2.75, 3.05) is 0 Å². The number of benzene rings is 8. The molecule has 0 saturated carbocycles. The Morgan fingerprint density at radius 3 is 1.75 bits per heavy atom. The van der Waals surface area contributed by atoms with E-state index < -0.39 is 66.5 Å². The Kier molecular flexibility index (Phi) is 5.42. The van der Waals surface area contributed by atoms with E-state index in [2.05, 4.69) is 6.07 Å². The third-order valence-electron chi connectivity index (χ3n) is 9.81. The first kappa shape index (κ1) is 22.9. The van der Waals surface area contributed by atoms with Gasteiger partial charge in [-0.1, -0.05) is 158 Å². The molecule has 0 bridgehead atoms. The van der Waals surface area contributed by atoms with Crippen molar-refractivity contribution >= 4 is 53.4 Å². The van der Waals surface area contributed by atoms with Gasteiger partial charge in [-0.2, -0.15) is 0 Å². The molecule has 0 spiro atoms. The zero-order valence-electron chi connectivity index (χ0n) is 40.2. The zero-order valence-corrected chi connectivity index (χ0v) is 30.0. The largest absolute Gasteiger partial charge is 0.456 e. The van der Waals surface area contributed by atoms with Crippen LogP contribution in [0.25, 0.3) is 110 Å². The van der Waals surface area contributed by atoms with Crippen LogP contribution >= 0.6 is 11.3 Å². The smallest absolute Gasteiger partial charge is 0.164 e. The molecule has 0 N–H and O–H groups in total. The highest BCUT2D eigenvalue weighted by atomic mass is 32.1. The predicted molar refractivity (Wildman–Crippen MR) is 233 cm³/mol. The molecule has 0 atom stereocenters. The Morgan fingerprint density at radius 2 is 0.982 bits per heavy atom. The van der Waals surface area contributed by atoms with Crippen LogP contribution in [0.1, 0.15) is 15.1 Å². The molecule has 0 aliphatic rings. The molecule has 0 unspecified atom stereocenters. The summed E-state index contributed by atoms with van der Waals surface area (Å²) in [7, 11) is 0. The molecule has 0 saturated heterocycles. The number of aromatic nitrogens is 3. The quantitative estimate of drug-likeness (QED) is 0.170. The first-order chi connectivity index (χ1) is 32.3. The number of para-hydroxylation sites is 1. The number of hydrogen-bond donors (Lipinski definition) is 0. The predicted octanol–water partition coefficient (Wildman–Crippen LogP) is 14.1. The van der Waals surface area contributed by atoms with Crippen LogP contribution < -0.4 is 0 Å². The van der Waals surface area contributed by atoms with E-state index in [9.17, 15) is 4.11 Å². The summed E-state index contributed by atoms with van der Waals surface area (Å²) in [6, 6.07) is 33.0. The Morgan fingerprint density at radius 1 is 0.393 bits per heavy atom. The third kappa shape index (κ3) is 5.48. The van der Waals surface area contributed by atoms with Gasteiger partial charge in [-0.3, -0.25) is 0 Å². The molecule has 4 nitrogen and oxygen atoms in total. The first-order valence-electron chi connectivity index (χ1n) is 23.3. The van der Waals surface area contributed by atoms with Crippen LogP contribution in [0.2, 0.25) is 0 Å². The van der Waals surface area contributed by atoms with Crippen molar-refractivity contribution in [3.8, 4) is 67.5 Å². The highest BCUT2D eigenvalue weighted by Crippen LogP contribution is 2.46. The van der Waals surface area contributed by atoms with E-state index in [1.165, 1.54) is 11.3 Å². The fraction of sp³-hybridized carbons (Fsp3) is 0. The lowest BCUT2D eigenvalue weighted by Gasteiger charge is -2.13. The number of rotatable bonds is 6. The molecule has 262 valence electrons. The first-order valence-corrected chi connectivity index (χ1v) is 18.6. The van der Waals surface area contributed by atoms with Crippen LogP contribution in [0.15, 0.2) is 192 Å². The average Bonchev–Trinajstić information content (AvgIpc) is 3.95. The van der Waals surface area contributed by atoms with Gasteiger partial charge in [0.25, 0.3) is 0 Å². The summed E-state index contributed by atoms with van der Waals surface area (Å²) < 4.78 is 105. The van der Waals surface area contributed by atoms with Gasteiger partial charge in [-0.05, 0) is 63.7 Å². The number of thiophene rings is 1. The monoisotopic (exact) mass is 744 g/mol. The molecule has 11 aromatic rings. The van der Waals surface area contributed by atoms with Crippen molar-refractivity contribution in [2.45, 2.75) is 0 Å². The van der Waals surface area contributed by atoms with Crippen molar-refractivity contribution < 1.29 is 19.5 Å². The topological polar surface area (TPSA) is 51.8 Å². The summed E-state index contributed by atoms with van der Waals surface area (Å²) in [5, 5.41) is 1.22. The fourth-order valence-electron chi connectivity index (χ4n) is 7.24. The van der Waals surface area contributed by atoms with Gasteiger partial charge < -0.3 is 4.42 Å². The molecular formula is C51H31N3OS. The molecule has 11 rings (SSSR count). The van der Waals surface area contributed by atoms with Crippen LogP contribution in [0.4, 0.5) is 0 Å². The molecule has 3 aromatic heterocycles. The van der Waals surface area contributed by atoms with Crippen molar-refractivity contribution in [2.24, 2.45) is 0 Å². The lowest BCUT2D eigenvalue weighted by Crippen LogP contribution is -2.00. The van der Waals surface area contributed by atoms with Crippen LogP contribution in [-0.4, -0.2) is 15.0 Å². The second-order valence-electron chi connectivity index (χ2n) is 13.1. The molecule has 0 fully saturated rings. The fourth-order valence-corrected chi connectivity index (χ4v) is 8.41. The Hall–Kier alpha value is -7.21. The maximum absolute atomic E-state index is 9.41. The van der Waals surface area contributed by atoms with Crippen molar-refractivity contribution in [1.29, 1.82) is 0 Å². The van der Waals surface area contributed by atoms with Gasteiger partial charge in [0.05, 0.1) is 15.1 Å². The summed E-state index contributed by atoms with van der Waals surface area (Å²) in [5.74, 6) is 1.61. The molecule has 8 aromatic carbocycles. The molecule has 56 heavy (non-hydrogen) atoms. The maximum atomic E-state index is 9.41. The van der Waals surface area contributed by atoms with Crippen LogP contribution in [0, 0.1) is 0 Å². The average molecular weight is 745 g/mol. The molecule has 0 amide bonds. The van der Waals surface area contributed by atoms with Gasteiger partial charge in [0.2, 0.25) is 0 Å². The summed E-state index contributed by atoms with van der Waals surface area (Å²) in [5.41, 5.74) is 3.81. The number of nitrogens with zero attached hydrogens (tertiary/aromatic N) is 3. The van der Waals surface area contributed by atoms with E-state index >= 15 is 0 Å². The lowest BCUT2D eigenvalue weighted by atomic mass is 9.90. The van der Waals surface area contributed by atoms with Crippen LogP contribution in [0.5, 0.6) is 0 Å². The second-order valence-corrected chi connectivity index (χ2v) is 14.2. The Labute approximate surface area is 342 Å². The maximum Gasteiger partial charge on any atom is 0.164 e. The highest BCUT2D eigenvalue weighted by molar-refractivity contribution is 7.26. The van der Waals surface area contributed by atoms with Crippen molar-refractivity contribution in [3.05, 3.63) is 188 Å². The van der Waals surface area contributed by atoms with Gasteiger partial charge in [-0.15, -0.1) is 11.3 Å². The van der Waals surface area contributed by atoms with Gasteiger partial charge >= 0.3 is 0 Å². The van der Waals surface area contributed by atoms with Crippen LogP contribution in [-0.2, 0) is 0 Å². The summed E-state index contributed by atoms with van der Waals surface area (Å²) in [4.78, 5) is 14.7. The van der Waals surface area contributed by atoms with Gasteiger partial charge in [0, 0.05) is 47.6 Å². The summed E-state index contributed by atoms with van der Waals surface area (Å²) in [6.07, 6.45) is 0. The molecule has 5 heteroatoms. The number of furan rings is 1. The SMILES string of the molecule is [2H]c1c([2H])c([2H])c(-c2c([2H])c([2H])c([2H])c3oc4c([2H])c([2H])c([2H])c([2H])c4c23)c(-c2cccc3sc4cc(-c5cccc(-c6nc(-c7ccccc7)nc(-c7ccccc7)n6)c5)ccc4c23)c1[2H]. The molecular weight excluding hydrogens is 703 g/mol. The number of hydrogen-bond acceptors (Lipinski definition) is 5. The normalized spacial score (nSPS) is 14.3. The minimum absolute atomic E-state index is 0.0253. The van der Waals surface area contributed by atoms with Crippen LogP contribution in [0.3, 0.4) is 0 Å². The van der Waals surface area contributed by atoms with Gasteiger partial charge in [-0.25, -0.2) is 15.0 Å². The van der Waals surface area contributed by atoms with Gasteiger partial charge in [0.1, 0.15) is 11.2 Å². The minimum atomic E-state index is -0.605. The summed E-state index contributed by atoms with van der Waals surface area (Å²) in [6.45, 7) is 0. The van der Waals surface area contributed by atoms with E-state index in [0.717, 1.165) is 42.6 Å². The Bertz CT molecular complexity index is 3840. The van der Waals surface area contributed by atoms with E-state index in [0.29, 0.717) is 28.4 Å². The lowest BCUT2D eigenvalue weighted by molar-refractivity contribution is 0.669. The summed E-state index contributed by atoms with van der Waals surface area (Å²) >= 11 is 1.50. The molecule has 0 radical (unpaired) electrons. The van der Waals surface area contributed by atoms with E-state index in [4.69, 9.17) is 30.3 Å².